The van der Waals surface area contributed by atoms with Crippen LogP contribution < -0.4 is 5.32 Å². The van der Waals surface area contributed by atoms with Crippen LogP contribution in [0.15, 0.2) is 11.8 Å². The summed E-state index contributed by atoms with van der Waals surface area (Å²) in [6.45, 7) is 1.30. The van der Waals surface area contributed by atoms with Crippen LogP contribution in [0, 0.1) is 11.3 Å². The molecule has 0 bridgehead atoms. The van der Waals surface area contributed by atoms with E-state index in [0.29, 0.717) is 13.0 Å². The summed E-state index contributed by atoms with van der Waals surface area (Å²) in [4.78, 5) is 16.2. The van der Waals surface area contributed by atoms with E-state index in [4.69, 9.17) is 0 Å². The van der Waals surface area contributed by atoms with E-state index < -0.39 is 9.84 Å². The van der Waals surface area contributed by atoms with Crippen molar-refractivity contribution in [1.29, 1.82) is 5.26 Å². The molecule has 1 aliphatic heterocycles. The Hall–Kier alpha value is -1.59. The van der Waals surface area contributed by atoms with E-state index in [0.717, 1.165) is 32.2 Å². The van der Waals surface area contributed by atoms with E-state index in [-0.39, 0.29) is 35.1 Å². The van der Waals surface area contributed by atoms with Crippen molar-refractivity contribution in [2.75, 3.05) is 38.7 Å². The first-order valence-electron chi connectivity index (χ1n) is 8.84. The maximum Gasteiger partial charge on any atom is 0.263 e. The van der Waals surface area contributed by atoms with Crippen molar-refractivity contribution in [1.82, 2.24) is 15.1 Å². The molecule has 0 aromatic carbocycles. The standard InChI is InChI=1S/C17H28N4O3S/c1-20(2)8-9-21(16-7-10-25(23,24)13-16)12-14(11-18)17(22)19-15-5-3-4-6-15/h12,15-16H,3-10,13H2,1-2H3,(H,19,22)/b14-12-. The largest absolute Gasteiger partial charge is 0.371 e. The summed E-state index contributed by atoms with van der Waals surface area (Å²) in [5.74, 6) is -0.106. The Morgan fingerprint density at radius 2 is 1.92 bits per heavy atom. The zero-order valence-electron chi connectivity index (χ0n) is 15.1. The molecule has 2 aliphatic rings. The smallest absolute Gasteiger partial charge is 0.263 e. The van der Waals surface area contributed by atoms with Gasteiger partial charge < -0.3 is 15.1 Å². The predicted molar refractivity (Wildman–Crippen MR) is 96.4 cm³/mol. The van der Waals surface area contributed by atoms with E-state index in [2.05, 4.69) is 5.32 Å². The highest BCUT2D eigenvalue weighted by atomic mass is 32.2. The van der Waals surface area contributed by atoms with Crippen molar-refractivity contribution in [3.8, 4) is 6.07 Å². The lowest BCUT2D eigenvalue weighted by molar-refractivity contribution is -0.117. The number of amides is 1. The van der Waals surface area contributed by atoms with Gasteiger partial charge in [0.05, 0.1) is 11.5 Å². The SMILES string of the molecule is CN(C)CCN(/C=C(/C#N)C(=O)NC1CCCC1)C1CCS(=O)(=O)C1. The second-order valence-corrected chi connectivity index (χ2v) is 9.44. The number of sulfone groups is 1. The third-order valence-corrected chi connectivity index (χ3v) is 6.58. The highest BCUT2D eigenvalue weighted by molar-refractivity contribution is 7.91. The highest BCUT2D eigenvalue weighted by Gasteiger charge is 2.32. The lowest BCUT2D eigenvalue weighted by Gasteiger charge is -2.28. The Morgan fingerprint density at radius 3 is 2.44 bits per heavy atom. The molecule has 2 fully saturated rings. The van der Waals surface area contributed by atoms with Crippen molar-refractivity contribution < 1.29 is 13.2 Å². The van der Waals surface area contributed by atoms with Crippen LogP contribution in [0.5, 0.6) is 0 Å². The van der Waals surface area contributed by atoms with E-state index in [1.807, 2.05) is 30.0 Å². The molecule has 7 nitrogen and oxygen atoms in total. The van der Waals surface area contributed by atoms with Gasteiger partial charge in [0.25, 0.3) is 5.91 Å². The van der Waals surface area contributed by atoms with Crippen LogP contribution in [-0.4, -0.2) is 74.9 Å². The van der Waals surface area contributed by atoms with Crippen molar-refractivity contribution >= 4 is 15.7 Å². The molecule has 140 valence electrons. The van der Waals surface area contributed by atoms with Crippen molar-refractivity contribution in [2.45, 2.75) is 44.2 Å². The van der Waals surface area contributed by atoms with Crippen LogP contribution in [0.1, 0.15) is 32.1 Å². The van der Waals surface area contributed by atoms with Crippen molar-refractivity contribution in [3.63, 3.8) is 0 Å². The summed E-state index contributed by atoms with van der Waals surface area (Å²) in [7, 11) is 0.843. The van der Waals surface area contributed by atoms with Gasteiger partial charge in [-0.15, -0.1) is 0 Å². The average Bonchev–Trinajstić information content (AvgIpc) is 3.16. The highest BCUT2D eigenvalue weighted by Crippen LogP contribution is 2.20. The maximum atomic E-state index is 12.4. The molecular formula is C17H28N4O3S. The van der Waals surface area contributed by atoms with Gasteiger partial charge in [0.15, 0.2) is 9.84 Å². The van der Waals surface area contributed by atoms with Gasteiger partial charge in [0.2, 0.25) is 0 Å². The Labute approximate surface area is 150 Å². The first-order chi connectivity index (χ1) is 11.8. The fraction of sp³-hybridized carbons (Fsp3) is 0.765. The van der Waals surface area contributed by atoms with Gasteiger partial charge in [-0.25, -0.2) is 8.42 Å². The minimum Gasteiger partial charge on any atom is -0.371 e. The molecule has 0 aromatic heterocycles. The van der Waals surface area contributed by atoms with Gasteiger partial charge in [-0.2, -0.15) is 5.26 Å². The van der Waals surface area contributed by atoms with E-state index in [1.54, 1.807) is 6.20 Å². The van der Waals surface area contributed by atoms with Crippen LogP contribution in [0.3, 0.4) is 0 Å². The quantitative estimate of drug-likeness (QED) is 0.520. The van der Waals surface area contributed by atoms with Crippen LogP contribution in [0.2, 0.25) is 0 Å². The Balaban J connectivity index is 2.11. The molecule has 1 aliphatic carbocycles. The van der Waals surface area contributed by atoms with Gasteiger partial charge in [-0.3, -0.25) is 4.79 Å². The number of carbonyl (C=O) groups excluding carboxylic acids is 1. The molecule has 1 heterocycles. The summed E-state index contributed by atoms with van der Waals surface area (Å²) in [6, 6.07) is 1.95. The minimum absolute atomic E-state index is 0.0509. The second-order valence-electron chi connectivity index (χ2n) is 7.21. The fourth-order valence-electron chi connectivity index (χ4n) is 3.34. The molecule has 1 atom stereocenters. The fourth-order valence-corrected chi connectivity index (χ4v) is 5.08. The van der Waals surface area contributed by atoms with Gasteiger partial charge in [0, 0.05) is 31.4 Å². The molecule has 2 rings (SSSR count). The number of hydrogen-bond acceptors (Lipinski definition) is 6. The van der Waals surface area contributed by atoms with Crippen LogP contribution in [0.25, 0.3) is 0 Å². The molecule has 0 radical (unpaired) electrons. The normalized spacial score (nSPS) is 23.6. The van der Waals surface area contributed by atoms with Crippen molar-refractivity contribution in [2.24, 2.45) is 0 Å². The first-order valence-corrected chi connectivity index (χ1v) is 10.7. The summed E-state index contributed by atoms with van der Waals surface area (Å²) >= 11 is 0. The number of carbonyl (C=O) groups is 1. The van der Waals surface area contributed by atoms with Gasteiger partial charge in [-0.1, -0.05) is 12.8 Å². The van der Waals surface area contributed by atoms with Gasteiger partial charge in [0.1, 0.15) is 11.6 Å². The first kappa shape index (κ1) is 19.7. The minimum atomic E-state index is -3.03. The molecule has 8 heteroatoms. The van der Waals surface area contributed by atoms with E-state index >= 15 is 0 Å². The van der Waals surface area contributed by atoms with Gasteiger partial charge >= 0.3 is 0 Å². The topological polar surface area (TPSA) is 93.5 Å². The molecule has 0 aromatic rings. The molecular weight excluding hydrogens is 340 g/mol. The summed E-state index contributed by atoms with van der Waals surface area (Å²) in [6.07, 6.45) is 6.21. The maximum absolute atomic E-state index is 12.4. The van der Waals surface area contributed by atoms with E-state index in [1.165, 1.54) is 0 Å². The zero-order valence-corrected chi connectivity index (χ0v) is 15.9. The molecule has 0 spiro atoms. The molecule has 1 saturated carbocycles. The molecule has 1 unspecified atom stereocenters. The average molecular weight is 369 g/mol. The molecule has 1 amide bonds. The monoisotopic (exact) mass is 368 g/mol. The second kappa shape index (κ2) is 8.68. The van der Waals surface area contributed by atoms with E-state index in [9.17, 15) is 18.5 Å². The summed E-state index contributed by atoms with van der Waals surface area (Å²) in [5, 5.41) is 12.3. The predicted octanol–water partition coefficient (Wildman–Crippen LogP) is 0.503. The lowest BCUT2D eigenvalue weighted by atomic mass is 10.2. The summed E-state index contributed by atoms with van der Waals surface area (Å²) in [5.41, 5.74) is 0.0509. The lowest BCUT2D eigenvalue weighted by Crippen LogP contribution is -2.39. The summed E-state index contributed by atoms with van der Waals surface area (Å²) < 4.78 is 23.6. The number of nitrogens with zero attached hydrogens (tertiary/aromatic N) is 3. The van der Waals surface area contributed by atoms with Crippen LogP contribution in [-0.2, 0) is 14.6 Å². The van der Waals surface area contributed by atoms with Crippen LogP contribution >= 0.6 is 0 Å². The molecule has 1 saturated heterocycles. The molecule has 1 N–H and O–H groups in total. The Kier molecular flexibility index (Phi) is 6.85. The van der Waals surface area contributed by atoms with Crippen LogP contribution in [0.4, 0.5) is 0 Å². The molecule has 25 heavy (non-hydrogen) atoms. The number of rotatable bonds is 7. The number of likely N-dealkylation sites (N-methyl/N-ethyl adjacent to an activating group) is 1. The number of hydrogen-bond donors (Lipinski definition) is 1. The Morgan fingerprint density at radius 1 is 1.24 bits per heavy atom. The van der Waals surface area contributed by atoms with Gasteiger partial charge in [-0.05, 0) is 33.4 Å². The number of nitrogens with one attached hydrogen (secondary N) is 1. The Bertz CT molecular complexity index is 645. The van der Waals surface area contributed by atoms with Crippen molar-refractivity contribution in [3.05, 3.63) is 11.8 Å². The number of nitriles is 1. The zero-order chi connectivity index (χ0) is 18.4. The third kappa shape index (κ3) is 6.01. The third-order valence-electron chi connectivity index (χ3n) is 4.83.